The third-order valence-electron chi connectivity index (χ3n) is 3.15. The predicted octanol–water partition coefficient (Wildman–Crippen LogP) is 3.89. The molecule has 0 saturated heterocycles. The highest BCUT2D eigenvalue weighted by Crippen LogP contribution is 2.25. The first-order valence-corrected chi connectivity index (χ1v) is 8.33. The average Bonchev–Trinajstić information content (AvgIpc) is 2.93. The SMILES string of the molecule is CCCC(NCc1csc(N(C)C)n1)c1ncccc1Cl. The van der Waals surface area contributed by atoms with E-state index in [1.165, 1.54) is 0 Å². The summed E-state index contributed by atoms with van der Waals surface area (Å²) in [5.41, 5.74) is 1.97. The zero-order valence-corrected chi connectivity index (χ0v) is 14.2. The van der Waals surface area contributed by atoms with E-state index in [0.717, 1.165) is 40.9 Å². The topological polar surface area (TPSA) is 41.0 Å². The number of anilines is 1. The van der Waals surface area contributed by atoms with Gasteiger partial charge in [0.15, 0.2) is 5.13 Å². The molecule has 0 saturated carbocycles. The smallest absolute Gasteiger partial charge is 0.185 e. The first kappa shape index (κ1) is 16.2. The molecule has 4 nitrogen and oxygen atoms in total. The van der Waals surface area contributed by atoms with E-state index in [4.69, 9.17) is 11.6 Å². The minimum Gasteiger partial charge on any atom is -0.354 e. The highest BCUT2D eigenvalue weighted by molar-refractivity contribution is 7.13. The molecule has 1 N–H and O–H groups in total. The standard InChI is InChI=1S/C15H21ClN4S/c1-4-6-13(14-12(16)7-5-8-17-14)18-9-11-10-21-15(19-11)20(2)3/h5,7-8,10,13,18H,4,6,9H2,1-3H3. The normalized spacial score (nSPS) is 12.4. The molecule has 0 aliphatic carbocycles. The van der Waals surface area contributed by atoms with Crippen LogP contribution in [-0.4, -0.2) is 24.1 Å². The van der Waals surface area contributed by atoms with Gasteiger partial charge in [-0.25, -0.2) is 4.98 Å². The summed E-state index contributed by atoms with van der Waals surface area (Å²) in [5.74, 6) is 0. The van der Waals surface area contributed by atoms with Crippen LogP contribution in [0.3, 0.4) is 0 Å². The van der Waals surface area contributed by atoms with Crippen LogP contribution < -0.4 is 10.2 Å². The molecule has 0 aliphatic heterocycles. The minimum atomic E-state index is 0.160. The largest absolute Gasteiger partial charge is 0.354 e. The van der Waals surface area contributed by atoms with Gasteiger partial charge < -0.3 is 10.2 Å². The molecule has 2 aromatic rings. The molecule has 0 aliphatic rings. The van der Waals surface area contributed by atoms with Crippen LogP contribution in [0, 0.1) is 0 Å². The Bertz CT molecular complexity index is 570. The van der Waals surface area contributed by atoms with Crippen LogP contribution in [0.5, 0.6) is 0 Å². The van der Waals surface area contributed by atoms with Gasteiger partial charge in [-0.05, 0) is 18.6 Å². The van der Waals surface area contributed by atoms with E-state index in [0.29, 0.717) is 0 Å². The molecule has 2 aromatic heterocycles. The third kappa shape index (κ3) is 4.40. The molecule has 1 atom stereocenters. The molecule has 1 unspecified atom stereocenters. The van der Waals surface area contributed by atoms with Crippen LogP contribution in [-0.2, 0) is 6.54 Å². The molecule has 2 heterocycles. The molecule has 21 heavy (non-hydrogen) atoms. The summed E-state index contributed by atoms with van der Waals surface area (Å²) in [5, 5.41) is 7.35. The lowest BCUT2D eigenvalue weighted by Gasteiger charge is -2.18. The Morgan fingerprint density at radius 1 is 1.43 bits per heavy atom. The van der Waals surface area contributed by atoms with Gasteiger partial charge in [0, 0.05) is 32.2 Å². The number of halogens is 1. The van der Waals surface area contributed by atoms with Gasteiger partial charge in [-0.15, -0.1) is 11.3 Å². The van der Waals surface area contributed by atoms with Crippen molar-refractivity contribution < 1.29 is 0 Å². The highest BCUT2D eigenvalue weighted by Gasteiger charge is 2.15. The summed E-state index contributed by atoms with van der Waals surface area (Å²) in [6.07, 6.45) is 3.87. The van der Waals surface area contributed by atoms with E-state index in [1.807, 2.05) is 31.1 Å². The Balaban J connectivity index is 2.04. The second-order valence-corrected chi connectivity index (χ2v) is 6.35. The molecule has 0 spiro atoms. The maximum Gasteiger partial charge on any atom is 0.185 e. The van der Waals surface area contributed by atoms with Gasteiger partial charge in [-0.2, -0.15) is 0 Å². The van der Waals surface area contributed by atoms with Crippen molar-refractivity contribution in [1.29, 1.82) is 0 Å². The predicted molar refractivity (Wildman–Crippen MR) is 90.2 cm³/mol. The van der Waals surface area contributed by atoms with E-state index >= 15 is 0 Å². The summed E-state index contributed by atoms with van der Waals surface area (Å²) < 4.78 is 0. The van der Waals surface area contributed by atoms with Crippen molar-refractivity contribution >= 4 is 28.1 Å². The number of rotatable bonds is 7. The van der Waals surface area contributed by atoms with Crippen molar-refractivity contribution in [1.82, 2.24) is 15.3 Å². The molecule has 0 aromatic carbocycles. The number of nitrogens with zero attached hydrogens (tertiary/aromatic N) is 3. The van der Waals surface area contributed by atoms with E-state index in [9.17, 15) is 0 Å². The van der Waals surface area contributed by atoms with Gasteiger partial charge in [0.1, 0.15) is 0 Å². The van der Waals surface area contributed by atoms with Gasteiger partial charge in [0.05, 0.1) is 22.5 Å². The first-order valence-electron chi connectivity index (χ1n) is 7.07. The van der Waals surface area contributed by atoms with E-state index in [1.54, 1.807) is 17.5 Å². The molecule has 0 amide bonds. The summed E-state index contributed by atoms with van der Waals surface area (Å²) in [6, 6.07) is 3.91. The van der Waals surface area contributed by atoms with Crippen molar-refractivity contribution in [3.8, 4) is 0 Å². The molecular weight excluding hydrogens is 304 g/mol. The van der Waals surface area contributed by atoms with Gasteiger partial charge in [-0.1, -0.05) is 24.9 Å². The van der Waals surface area contributed by atoms with Crippen molar-refractivity contribution in [2.75, 3.05) is 19.0 Å². The number of aromatic nitrogens is 2. The third-order valence-corrected chi connectivity index (χ3v) is 4.52. The summed E-state index contributed by atoms with van der Waals surface area (Å²) in [6.45, 7) is 2.89. The Labute approximate surface area is 135 Å². The van der Waals surface area contributed by atoms with Crippen molar-refractivity contribution in [2.45, 2.75) is 32.4 Å². The van der Waals surface area contributed by atoms with Crippen LogP contribution >= 0.6 is 22.9 Å². The lowest BCUT2D eigenvalue weighted by atomic mass is 10.1. The van der Waals surface area contributed by atoms with Gasteiger partial charge >= 0.3 is 0 Å². The van der Waals surface area contributed by atoms with Crippen molar-refractivity contribution in [2.24, 2.45) is 0 Å². The molecule has 0 radical (unpaired) electrons. The summed E-state index contributed by atoms with van der Waals surface area (Å²) >= 11 is 7.91. The summed E-state index contributed by atoms with van der Waals surface area (Å²) in [4.78, 5) is 11.0. The number of nitrogens with one attached hydrogen (secondary N) is 1. The van der Waals surface area contributed by atoms with Crippen molar-refractivity contribution in [3.63, 3.8) is 0 Å². The second kappa shape index (κ2) is 7.73. The maximum atomic E-state index is 6.26. The fraction of sp³-hybridized carbons (Fsp3) is 0.467. The lowest BCUT2D eigenvalue weighted by molar-refractivity contribution is 0.480. The van der Waals surface area contributed by atoms with E-state index < -0.39 is 0 Å². The Morgan fingerprint density at radius 2 is 2.24 bits per heavy atom. The molecular formula is C15H21ClN4S. The van der Waals surface area contributed by atoms with Gasteiger partial charge in [-0.3, -0.25) is 4.98 Å². The fourth-order valence-electron chi connectivity index (χ4n) is 2.09. The summed E-state index contributed by atoms with van der Waals surface area (Å²) in [7, 11) is 4.01. The van der Waals surface area contributed by atoms with Gasteiger partial charge in [0.25, 0.3) is 0 Å². The zero-order chi connectivity index (χ0) is 15.2. The Morgan fingerprint density at radius 3 is 2.86 bits per heavy atom. The average molecular weight is 325 g/mol. The lowest BCUT2D eigenvalue weighted by Crippen LogP contribution is -2.22. The molecule has 2 rings (SSSR count). The Kier molecular flexibility index (Phi) is 5.96. The van der Waals surface area contributed by atoms with Crippen LogP contribution in [0.4, 0.5) is 5.13 Å². The number of pyridine rings is 1. The van der Waals surface area contributed by atoms with Crippen LogP contribution in [0.25, 0.3) is 0 Å². The first-order chi connectivity index (χ1) is 10.1. The van der Waals surface area contributed by atoms with Gasteiger partial charge in [0.2, 0.25) is 0 Å². The van der Waals surface area contributed by atoms with Crippen LogP contribution in [0.2, 0.25) is 5.02 Å². The molecule has 114 valence electrons. The minimum absolute atomic E-state index is 0.160. The van der Waals surface area contributed by atoms with Crippen LogP contribution in [0.1, 0.15) is 37.2 Å². The molecule has 0 bridgehead atoms. The van der Waals surface area contributed by atoms with E-state index in [2.05, 4.69) is 27.6 Å². The molecule has 0 fully saturated rings. The number of hydrogen-bond acceptors (Lipinski definition) is 5. The van der Waals surface area contributed by atoms with Crippen LogP contribution in [0.15, 0.2) is 23.7 Å². The number of thiazole rings is 1. The fourth-order valence-corrected chi connectivity index (χ4v) is 3.10. The zero-order valence-electron chi connectivity index (χ0n) is 12.6. The monoisotopic (exact) mass is 324 g/mol. The highest BCUT2D eigenvalue weighted by atomic mass is 35.5. The Hall–Kier alpha value is -1.17. The van der Waals surface area contributed by atoms with E-state index in [-0.39, 0.29) is 6.04 Å². The second-order valence-electron chi connectivity index (χ2n) is 5.11. The number of hydrogen-bond donors (Lipinski definition) is 1. The van der Waals surface area contributed by atoms with Crippen molar-refractivity contribution in [3.05, 3.63) is 40.1 Å². The maximum absolute atomic E-state index is 6.26. The molecule has 6 heteroatoms. The quantitative estimate of drug-likeness (QED) is 0.839.